The van der Waals surface area contributed by atoms with Gasteiger partial charge in [-0.05, 0) is 36.4 Å². The zero-order valence-electron chi connectivity index (χ0n) is 14.8. The van der Waals surface area contributed by atoms with Crippen molar-refractivity contribution >= 4 is 29.0 Å². The summed E-state index contributed by atoms with van der Waals surface area (Å²) in [6.07, 6.45) is 0. The number of anilines is 1. The predicted octanol–water partition coefficient (Wildman–Crippen LogP) is 4.59. The summed E-state index contributed by atoms with van der Waals surface area (Å²) in [5.74, 6) is 0.548. The van der Waals surface area contributed by atoms with Crippen LogP contribution in [0, 0.1) is 0 Å². The van der Waals surface area contributed by atoms with Crippen LogP contribution in [0.1, 0.15) is 26.3 Å². The molecule has 3 aromatic carbocycles. The van der Waals surface area contributed by atoms with Gasteiger partial charge in [0.1, 0.15) is 13.2 Å². The number of hydrogen-bond donors (Lipinski definition) is 1. The molecule has 1 heterocycles. The Labute approximate surface area is 166 Å². The number of benzene rings is 3. The second-order valence-electron chi connectivity index (χ2n) is 6.20. The lowest BCUT2D eigenvalue weighted by molar-refractivity contribution is 0.102. The maximum absolute atomic E-state index is 12.9. The molecule has 0 aliphatic carbocycles. The summed E-state index contributed by atoms with van der Waals surface area (Å²) in [6, 6.07) is 18.6. The molecule has 1 aliphatic rings. The Balaban J connectivity index is 1.63. The van der Waals surface area contributed by atoms with Crippen LogP contribution in [0.5, 0.6) is 11.5 Å². The first-order chi connectivity index (χ1) is 13.6. The molecule has 3 aromatic rings. The average molecular weight is 394 g/mol. The number of ketones is 1. The van der Waals surface area contributed by atoms with Crippen molar-refractivity contribution in [3.05, 3.63) is 88.4 Å². The Morgan fingerprint density at radius 2 is 1.57 bits per heavy atom. The van der Waals surface area contributed by atoms with E-state index in [1.807, 2.05) is 6.07 Å². The molecule has 0 saturated carbocycles. The number of rotatable bonds is 4. The number of fused-ring (bicyclic) bond motifs is 1. The molecule has 1 amide bonds. The summed E-state index contributed by atoms with van der Waals surface area (Å²) in [5.41, 5.74) is 1.62. The fourth-order valence-corrected chi connectivity index (χ4v) is 3.11. The van der Waals surface area contributed by atoms with E-state index < -0.39 is 0 Å². The highest BCUT2D eigenvalue weighted by molar-refractivity contribution is 6.31. The molecule has 0 radical (unpaired) electrons. The smallest absolute Gasteiger partial charge is 0.255 e. The molecule has 0 aromatic heterocycles. The van der Waals surface area contributed by atoms with E-state index in [9.17, 15) is 9.59 Å². The second kappa shape index (κ2) is 7.74. The van der Waals surface area contributed by atoms with Gasteiger partial charge < -0.3 is 14.8 Å². The van der Waals surface area contributed by atoms with Crippen molar-refractivity contribution in [2.75, 3.05) is 18.5 Å². The Bertz CT molecular complexity index is 1050. The average Bonchev–Trinajstić information content (AvgIpc) is 2.74. The highest BCUT2D eigenvalue weighted by atomic mass is 35.5. The fraction of sp³-hybridized carbons (Fsp3) is 0.0909. The van der Waals surface area contributed by atoms with E-state index >= 15 is 0 Å². The molecule has 0 bridgehead atoms. The number of carbonyl (C=O) groups excluding carboxylic acids is 2. The van der Waals surface area contributed by atoms with Gasteiger partial charge in [0, 0.05) is 21.7 Å². The van der Waals surface area contributed by atoms with Crippen LogP contribution < -0.4 is 14.8 Å². The van der Waals surface area contributed by atoms with Gasteiger partial charge in [-0.15, -0.1) is 0 Å². The minimum atomic E-state index is -0.360. The molecule has 0 fully saturated rings. The normalized spacial score (nSPS) is 12.3. The van der Waals surface area contributed by atoms with Crippen molar-refractivity contribution < 1.29 is 19.1 Å². The number of halogens is 1. The minimum Gasteiger partial charge on any atom is -0.486 e. The first-order valence-electron chi connectivity index (χ1n) is 8.72. The molecular weight excluding hydrogens is 378 g/mol. The van der Waals surface area contributed by atoms with Crippen LogP contribution in [0.4, 0.5) is 5.69 Å². The van der Waals surface area contributed by atoms with E-state index in [2.05, 4.69) is 5.32 Å². The first kappa shape index (κ1) is 18.1. The number of amides is 1. The molecule has 5 nitrogen and oxygen atoms in total. The maximum atomic E-state index is 12.9. The monoisotopic (exact) mass is 393 g/mol. The third-order valence-electron chi connectivity index (χ3n) is 4.31. The summed E-state index contributed by atoms with van der Waals surface area (Å²) in [6.45, 7) is 0.916. The van der Waals surface area contributed by atoms with Gasteiger partial charge in [0.2, 0.25) is 0 Å². The summed E-state index contributed by atoms with van der Waals surface area (Å²) in [5, 5.41) is 3.21. The van der Waals surface area contributed by atoms with Gasteiger partial charge in [0.15, 0.2) is 17.3 Å². The number of hydrogen-bond acceptors (Lipinski definition) is 4. The fourth-order valence-electron chi connectivity index (χ4n) is 2.94. The van der Waals surface area contributed by atoms with E-state index in [1.54, 1.807) is 60.7 Å². The van der Waals surface area contributed by atoms with Crippen molar-refractivity contribution in [2.24, 2.45) is 0 Å². The second-order valence-corrected chi connectivity index (χ2v) is 6.63. The SMILES string of the molecule is O=C(Nc1ccc(Cl)cc1C(=O)c1ccccc1)c1ccc2c(c1)OCCO2. The predicted molar refractivity (Wildman–Crippen MR) is 107 cm³/mol. The lowest BCUT2D eigenvalue weighted by Gasteiger charge is -2.19. The van der Waals surface area contributed by atoms with Crippen molar-refractivity contribution in [1.82, 2.24) is 0 Å². The van der Waals surface area contributed by atoms with Gasteiger partial charge in [-0.1, -0.05) is 41.9 Å². The van der Waals surface area contributed by atoms with Gasteiger partial charge in [-0.2, -0.15) is 0 Å². The first-order valence-corrected chi connectivity index (χ1v) is 9.10. The van der Waals surface area contributed by atoms with Gasteiger partial charge in [-0.25, -0.2) is 0 Å². The standard InChI is InChI=1S/C22H16ClNO4/c23-16-7-8-18(17(13-16)21(25)14-4-2-1-3-5-14)24-22(26)15-6-9-19-20(12-15)28-11-10-27-19/h1-9,12-13H,10-11H2,(H,24,26). The van der Waals surface area contributed by atoms with Gasteiger partial charge >= 0.3 is 0 Å². The minimum absolute atomic E-state index is 0.222. The molecule has 1 aliphatic heterocycles. The third-order valence-corrected chi connectivity index (χ3v) is 4.55. The zero-order valence-corrected chi connectivity index (χ0v) is 15.5. The third kappa shape index (κ3) is 3.70. The molecule has 4 rings (SSSR count). The van der Waals surface area contributed by atoms with E-state index in [0.717, 1.165) is 0 Å². The lowest BCUT2D eigenvalue weighted by atomic mass is 10.0. The van der Waals surface area contributed by atoms with Crippen LogP contribution >= 0.6 is 11.6 Å². The quantitative estimate of drug-likeness (QED) is 0.658. The lowest BCUT2D eigenvalue weighted by Crippen LogP contribution is -2.18. The van der Waals surface area contributed by atoms with E-state index in [-0.39, 0.29) is 11.7 Å². The molecule has 1 N–H and O–H groups in total. The molecule has 140 valence electrons. The molecular formula is C22H16ClNO4. The Hall–Kier alpha value is -3.31. The van der Waals surface area contributed by atoms with Crippen LogP contribution in [0.25, 0.3) is 0 Å². The molecule has 0 saturated heterocycles. The van der Waals surface area contributed by atoms with Crippen molar-refractivity contribution in [3.8, 4) is 11.5 Å². The Kier molecular flexibility index (Phi) is 5.00. The van der Waals surface area contributed by atoms with Crippen molar-refractivity contribution in [2.45, 2.75) is 0 Å². The zero-order chi connectivity index (χ0) is 19.5. The largest absolute Gasteiger partial charge is 0.486 e. The number of ether oxygens (including phenoxy) is 2. The highest BCUT2D eigenvalue weighted by Gasteiger charge is 2.19. The molecule has 0 spiro atoms. The summed E-state index contributed by atoms with van der Waals surface area (Å²) < 4.78 is 11.0. The van der Waals surface area contributed by atoms with Gasteiger partial charge in [0.25, 0.3) is 5.91 Å². The van der Waals surface area contributed by atoms with Crippen LogP contribution in [0.2, 0.25) is 5.02 Å². The van der Waals surface area contributed by atoms with E-state index in [0.29, 0.717) is 52.1 Å². The summed E-state index contributed by atoms with van der Waals surface area (Å²) in [4.78, 5) is 25.6. The van der Waals surface area contributed by atoms with E-state index in [4.69, 9.17) is 21.1 Å². The molecule has 0 atom stereocenters. The summed E-state index contributed by atoms with van der Waals surface area (Å²) >= 11 is 6.09. The van der Waals surface area contributed by atoms with Crippen LogP contribution in [-0.2, 0) is 0 Å². The Morgan fingerprint density at radius 1 is 0.821 bits per heavy atom. The molecule has 28 heavy (non-hydrogen) atoms. The van der Waals surface area contributed by atoms with Crippen LogP contribution in [0.15, 0.2) is 66.7 Å². The van der Waals surface area contributed by atoms with Gasteiger partial charge in [0.05, 0.1) is 5.69 Å². The maximum Gasteiger partial charge on any atom is 0.255 e. The topological polar surface area (TPSA) is 64.6 Å². The van der Waals surface area contributed by atoms with Crippen LogP contribution in [-0.4, -0.2) is 24.9 Å². The van der Waals surface area contributed by atoms with E-state index in [1.165, 1.54) is 0 Å². The van der Waals surface area contributed by atoms with Crippen molar-refractivity contribution in [3.63, 3.8) is 0 Å². The number of nitrogens with one attached hydrogen (secondary N) is 1. The Morgan fingerprint density at radius 3 is 2.36 bits per heavy atom. The summed E-state index contributed by atoms with van der Waals surface area (Å²) in [7, 11) is 0. The number of carbonyl (C=O) groups is 2. The molecule has 0 unspecified atom stereocenters. The van der Waals surface area contributed by atoms with Gasteiger partial charge in [-0.3, -0.25) is 9.59 Å². The highest BCUT2D eigenvalue weighted by Crippen LogP contribution is 2.31. The molecule has 6 heteroatoms. The van der Waals surface area contributed by atoms with Crippen molar-refractivity contribution in [1.29, 1.82) is 0 Å². The van der Waals surface area contributed by atoms with Crippen LogP contribution in [0.3, 0.4) is 0 Å².